The third-order valence-corrected chi connectivity index (χ3v) is 2.30. The molecule has 0 atom stereocenters. The van der Waals surface area contributed by atoms with E-state index in [4.69, 9.17) is 0 Å². The predicted molar refractivity (Wildman–Crippen MR) is 32.5 cm³/mol. The fraction of sp³-hybridized carbons (Fsp3) is 0.600. The number of allylic oxidation sites excluding steroid dienone is 2. The van der Waals surface area contributed by atoms with Gasteiger partial charge in [0.2, 0.25) is 0 Å². The summed E-state index contributed by atoms with van der Waals surface area (Å²) in [6.07, 6.45) is 5.27. The van der Waals surface area contributed by atoms with E-state index in [1.54, 1.807) is 0 Å². The molecule has 0 saturated carbocycles. The van der Waals surface area contributed by atoms with E-state index < -0.39 is 10.7 Å². The largest absolute Gasteiger partial charge is 0.232 e. The van der Waals surface area contributed by atoms with E-state index in [0.717, 1.165) is 12.8 Å². The van der Waals surface area contributed by atoms with Gasteiger partial charge in [0.1, 0.15) is 10.7 Å². The van der Waals surface area contributed by atoms with Crippen LogP contribution in [0.2, 0.25) is 0 Å². The van der Waals surface area contributed by atoms with E-state index in [9.17, 15) is 8.42 Å². The van der Waals surface area contributed by atoms with Crippen molar-refractivity contribution in [2.75, 3.05) is 0 Å². The first-order valence-corrected chi connectivity index (χ1v) is 3.84. The standard InChI is InChI=1S/C5H8O2S/c6-8(7)5-3-1-2-4-5/h1-2,5,8H,3-4H2. The first kappa shape index (κ1) is 5.82. The first-order valence-electron chi connectivity index (χ1n) is 2.59. The van der Waals surface area contributed by atoms with Crippen molar-refractivity contribution in [3.05, 3.63) is 12.2 Å². The molecule has 0 spiro atoms. The van der Waals surface area contributed by atoms with Crippen LogP contribution in [0, 0.1) is 0 Å². The molecule has 1 aliphatic rings. The molecule has 0 unspecified atom stereocenters. The zero-order chi connectivity index (χ0) is 5.98. The third kappa shape index (κ3) is 1.10. The third-order valence-electron chi connectivity index (χ3n) is 1.28. The lowest BCUT2D eigenvalue weighted by Gasteiger charge is -1.93. The topological polar surface area (TPSA) is 34.1 Å². The first-order chi connectivity index (χ1) is 3.80. The second-order valence-corrected chi connectivity index (χ2v) is 3.18. The van der Waals surface area contributed by atoms with Crippen LogP contribution >= 0.6 is 0 Å². The molecule has 0 radical (unpaired) electrons. The summed E-state index contributed by atoms with van der Waals surface area (Å²) in [5.41, 5.74) is 0. The Hall–Kier alpha value is -0.310. The summed E-state index contributed by atoms with van der Waals surface area (Å²) in [6.45, 7) is 0. The summed E-state index contributed by atoms with van der Waals surface area (Å²) in [4.78, 5) is 0. The van der Waals surface area contributed by atoms with Crippen LogP contribution < -0.4 is 0 Å². The molecule has 8 heavy (non-hydrogen) atoms. The smallest absolute Gasteiger partial charge is 0.143 e. The van der Waals surface area contributed by atoms with Gasteiger partial charge in [0.25, 0.3) is 0 Å². The van der Waals surface area contributed by atoms with E-state index in [0.29, 0.717) is 0 Å². The maximum Gasteiger partial charge on any atom is 0.143 e. The number of rotatable bonds is 1. The summed E-state index contributed by atoms with van der Waals surface area (Å²) in [7, 11) is -2.16. The monoisotopic (exact) mass is 132 g/mol. The lowest BCUT2D eigenvalue weighted by molar-refractivity contribution is 0.602. The van der Waals surface area contributed by atoms with E-state index in [-0.39, 0.29) is 5.25 Å². The van der Waals surface area contributed by atoms with Crippen molar-refractivity contribution in [2.24, 2.45) is 0 Å². The highest BCUT2D eigenvalue weighted by atomic mass is 32.2. The Bertz CT molecular complexity index is 153. The molecule has 0 saturated heterocycles. The van der Waals surface area contributed by atoms with Gasteiger partial charge in [0.15, 0.2) is 0 Å². The van der Waals surface area contributed by atoms with Crippen molar-refractivity contribution >= 4 is 10.7 Å². The molecule has 1 aliphatic carbocycles. The lowest BCUT2D eigenvalue weighted by Crippen LogP contribution is -2.01. The van der Waals surface area contributed by atoms with Crippen LogP contribution in [-0.4, -0.2) is 13.7 Å². The zero-order valence-corrected chi connectivity index (χ0v) is 5.30. The highest BCUT2D eigenvalue weighted by molar-refractivity contribution is 7.73. The summed E-state index contributed by atoms with van der Waals surface area (Å²) >= 11 is 0. The van der Waals surface area contributed by atoms with Crippen molar-refractivity contribution in [1.29, 1.82) is 0 Å². The van der Waals surface area contributed by atoms with Gasteiger partial charge < -0.3 is 0 Å². The van der Waals surface area contributed by atoms with Crippen LogP contribution in [0.15, 0.2) is 12.2 Å². The van der Waals surface area contributed by atoms with E-state index in [1.165, 1.54) is 0 Å². The molecule has 0 aromatic heterocycles. The van der Waals surface area contributed by atoms with Gasteiger partial charge in [0.05, 0.1) is 5.25 Å². The van der Waals surface area contributed by atoms with Gasteiger partial charge >= 0.3 is 0 Å². The number of thiol groups is 1. The van der Waals surface area contributed by atoms with Gasteiger partial charge in [-0.15, -0.1) is 0 Å². The van der Waals surface area contributed by atoms with E-state index in [1.807, 2.05) is 12.2 Å². The minimum absolute atomic E-state index is 0.0926. The second-order valence-electron chi connectivity index (χ2n) is 1.88. The lowest BCUT2D eigenvalue weighted by atomic mass is 10.4. The van der Waals surface area contributed by atoms with E-state index in [2.05, 4.69) is 0 Å². The molecule has 0 heterocycles. The van der Waals surface area contributed by atoms with Crippen LogP contribution in [0.3, 0.4) is 0 Å². The molecule has 46 valence electrons. The van der Waals surface area contributed by atoms with Crippen LogP contribution in [0.4, 0.5) is 0 Å². The fourth-order valence-corrected chi connectivity index (χ4v) is 1.36. The molecule has 0 amide bonds. The minimum Gasteiger partial charge on any atom is -0.232 e. The molecule has 0 bridgehead atoms. The van der Waals surface area contributed by atoms with Crippen LogP contribution in [0.25, 0.3) is 0 Å². The van der Waals surface area contributed by atoms with Crippen molar-refractivity contribution < 1.29 is 8.42 Å². The van der Waals surface area contributed by atoms with Gasteiger partial charge in [-0.3, -0.25) is 0 Å². The molecule has 0 aliphatic heterocycles. The maximum absolute atomic E-state index is 10.2. The predicted octanol–water partition coefficient (Wildman–Crippen LogP) is 0.316. The Labute approximate surface area is 50.2 Å². The highest BCUT2D eigenvalue weighted by Gasteiger charge is 2.11. The van der Waals surface area contributed by atoms with Crippen molar-refractivity contribution in [2.45, 2.75) is 18.1 Å². The quantitative estimate of drug-likeness (QED) is 0.411. The van der Waals surface area contributed by atoms with Gasteiger partial charge in [-0.25, -0.2) is 8.42 Å². The van der Waals surface area contributed by atoms with Crippen molar-refractivity contribution in [1.82, 2.24) is 0 Å². The van der Waals surface area contributed by atoms with Gasteiger partial charge in [-0.1, -0.05) is 12.2 Å². The van der Waals surface area contributed by atoms with Gasteiger partial charge in [-0.2, -0.15) is 0 Å². The Morgan fingerprint density at radius 2 is 1.75 bits per heavy atom. The normalized spacial score (nSPS) is 20.6. The van der Waals surface area contributed by atoms with Crippen LogP contribution in [0.5, 0.6) is 0 Å². The molecule has 2 nitrogen and oxygen atoms in total. The second kappa shape index (κ2) is 2.31. The molecular formula is C5H8O2S. The number of hydrogen-bond acceptors (Lipinski definition) is 2. The van der Waals surface area contributed by atoms with E-state index >= 15 is 0 Å². The van der Waals surface area contributed by atoms with Crippen LogP contribution in [-0.2, 0) is 10.7 Å². The molecule has 0 aromatic carbocycles. The van der Waals surface area contributed by atoms with Crippen molar-refractivity contribution in [3.63, 3.8) is 0 Å². The molecular weight excluding hydrogens is 124 g/mol. The molecule has 0 fully saturated rings. The minimum atomic E-state index is -2.16. The zero-order valence-electron chi connectivity index (χ0n) is 4.41. The summed E-state index contributed by atoms with van der Waals surface area (Å²) < 4.78 is 20.4. The van der Waals surface area contributed by atoms with Crippen LogP contribution in [0.1, 0.15) is 12.8 Å². The summed E-state index contributed by atoms with van der Waals surface area (Å²) in [5, 5.41) is -0.0926. The van der Waals surface area contributed by atoms with Gasteiger partial charge in [0, 0.05) is 0 Å². The Morgan fingerprint density at radius 3 is 2.00 bits per heavy atom. The Kier molecular flexibility index (Phi) is 1.68. The molecule has 3 heteroatoms. The Balaban J connectivity index is 2.53. The maximum atomic E-state index is 10.2. The molecule has 0 N–H and O–H groups in total. The average molecular weight is 132 g/mol. The Morgan fingerprint density at radius 1 is 1.25 bits per heavy atom. The van der Waals surface area contributed by atoms with Crippen molar-refractivity contribution in [3.8, 4) is 0 Å². The number of hydrogen-bond donors (Lipinski definition) is 1. The van der Waals surface area contributed by atoms with Gasteiger partial charge in [-0.05, 0) is 12.8 Å². The highest BCUT2D eigenvalue weighted by Crippen LogP contribution is 2.11. The fourth-order valence-electron chi connectivity index (χ4n) is 0.775. The molecule has 1 rings (SSSR count). The summed E-state index contributed by atoms with van der Waals surface area (Å²) in [5.74, 6) is 0. The molecule has 0 aromatic rings. The SMILES string of the molecule is O=[SH](=O)C1CC=CC1. The summed E-state index contributed by atoms with van der Waals surface area (Å²) in [6, 6.07) is 0. The average Bonchev–Trinajstić information content (AvgIpc) is 2.12.